The highest BCUT2D eigenvalue weighted by atomic mass is 32.2. The number of aromatic nitrogens is 2. The van der Waals surface area contributed by atoms with Crippen molar-refractivity contribution in [2.45, 2.75) is 17.7 Å². The van der Waals surface area contributed by atoms with Gasteiger partial charge >= 0.3 is 5.97 Å². The topological polar surface area (TPSA) is 128 Å². The molecule has 3 rings (SSSR count). The molecule has 0 fully saturated rings. The number of benzene rings is 2. The number of hydrogen-bond donors (Lipinski definition) is 2. The minimum Gasteiger partial charge on any atom is -0.491 e. The number of carboxylic acid groups (broad SMARTS) is 1. The molecule has 162 valence electrons. The zero-order valence-electron chi connectivity index (χ0n) is 16.1. The van der Waals surface area contributed by atoms with E-state index in [0.29, 0.717) is 5.75 Å². The Morgan fingerprint density at radius 1 is 1.16 bits per heavy atom. The highest BCUT2D eigenvalue weighted by Crippen LogP contribution is 2.26. The van der Waals surface area contributed by atoms with E-state index in [4.69, 9.17) is 14.6 Å². The van der Waals surface area contributed by atoms with Crippen LogP contribution in [-0.2, 0) is 14.8 Å². The van der Waals surface area contributed by atoms with Gasteiger partial charge < -0.3 is 14.6 Å². The van der Waals surface area contributed by atoms with Crippen LogP contribution in [0, 0.1) is 5.82 Å². The van der Waals surface area contributed by atoms with E-state index in [1.807, 2.05) is 0 Å². The molecular weight excluding hydrogens is 429 g/mol. The minimum absolute atomic E-state index is 0.00779. The molecule has 0 saturated heterocycles. The van der Waals surface area contributed by atoms with Crippen molar-refractivity contribution in [2.75, 3.05) is 11.3 Å². The largest absolute Gasteiger partial charge is 0.491 e. The molecule has 0 saturated carbocycles. The van der Waals surface area contributed by atoms with Crippen LogP contribution in [0.25, 0.3) is 0 Å². The van der Waals surface area contributed by atoms with Crippen LogP contribution in [0.3, 0.4) is 0 Å². The Morgan fingerprint density at radius 3 is 2.71 bits per heavy atom. The van der Waals surface area contributed by atoms with Crippen LogP contribution in [0.1, 0.15) is 12.8 Å². The summed E-state index contributed by atoms with van der Waals surface area (Å²) in [6.45, 7) is -0.00779. The number of hydrogen-bond acceptors (Lipinski definition) is 7. The van der Waals surface area contributed by atoms with Crippen molar-refractivity contribution in [3.63, 3.8) is 0 Å². The second-order valence-electron chi connectivity index (χ2n) is 6.22. The number of nitrogens with zero attached hydrogens (tertiary/aromatic N) is 2. The molecule has 0 bridgehead atoms. The summed E-state index contributed by atoms with van der Waals surface area (Å²) in [7, 11) is -4.09. The van der Waals surface area contributed by atoms with Crippen LogP contribution >= 0.6 is 0 Å². The fraction of sp³-hybridized carbons (Fsp3) is 0.150. The molecule has 0 spiro atoms. The summed E-state index contributed by atoms with van der Waals surface area (Å²) >= 11 is 0. The van der Waals surface area contributed by atoms with E-state index in [1.165, 1.54) is 42.9 Å². The fourth-order valence-corrected chi connectivity index (χ4v) is 3.53. The molecule has 1 heterocycles. The van der Waals surface area contributed by atoms with E-state index in [2.05, 4.69) is 14.7 Å². The van der Waals surface area contributed by atoms with Gasteiger partial charge in [-0.3, -0.25) is 14.5 Å². The number of carbonyl (C=O) groups is 1. The molecule has 2 aromatic carbocycles. The van der Waals surface area contributed by atoms with Crippen molar-refractivity contribution >= 4 is 21.7 Å². The Hall–Kier alpha value is -3.73. The van der Waals surface area contributed by atoms with E-state index >= 15 is 0 Å². The van der Waals surface area contributed by atoms with E-state index < -0.39 is 21.8 Å². The van der Waals surface area contributed by atoms with Crippen LogP contribution in [0.5, 0.6) is 17.4 Å². The van der Waals surface area contributed by atoms with Gasteiger partial charge in [-0.25, -0.2) is 17.8 Å². The van der Waals surface area contributed by atoms with Crippen molar-refractivity contribution in [1.29, 1.82) is 0 Å². The molecule has 11 heteroatoms. The van der Waals surface area contributed by atoms with Gasteiger partial charge in [0.1, 0.15) is 5.75 Å². The molecule has 3 aromatic rings. The number of carboxylic acids is 1. The van der Waals surface area contributed by atoms with Gasteiger partial charge in [-0.2, -0.15) is 0 Å². The molecule has 0 aliphatic heterocycles. The molecule has 0 aliphatic carbocycles. The second-order valence-corrected chi connectivity index (χ2v) is 7.90. The molecule has 0 unspecified atom stereocenters. The van der Waals surface area contributed by atoms with E-state index in [0.717, 1.165) is 6.07 Å². The first kappa shape index (κ1) is 22.0. The Balaban J connectivity index is 1.68. The first-order chi connectivity index (χ1) is 14.8. The van der Waals surface area contributed by atoms with Crippen molar-refractivity contribution in [3.8, 4) is 17.4 Å². The Morgan fingerprint density at radius 2 is 2.00 bits per heavy atom. The van der Waals surface area contributed by atoms with Gasteiger partial charge in [-0.1, -0.05) is 6.07 Å². The third kappa shape index (κ3) is 6.37. The number of anilines is 1. The van der Waals surface area contributed by atoms with Gasteiger partial charge in [0.25, 0.3) is 10.0 Å². The Labute approximate surface area is 177 Å². The highest BCUT2D eigenvalue weighted by molar-refractivity contribution is 7.92. The standard InChI is InChI=1S/C20H18FN3O6S/c21-17-12-16(6-7-18(17)29-10-2-5-20(25)26)31(27,28)24-14-3-1-4-15(11-14)30-19-13-22-8-9-23-19/h1,3-4,6-9,11-13,24H,2,5,10H2,(H,25,26). The van der Waals surface area contributed by atoms with Crippen molar-refractivity contribution in [2.24, 2.45) is 0 Å². The molecule has 0 aliphatic rings. The highest BCUT2D eigenvalue weighted by Gasteiger charge is 2.17. The average molecular weight is 447 g/mol. The fourth-order valence-electron chi connectivity index (χ4n) is 2.47. The number of nitrogens with one attached hydrogen (secondary N) is 1. The number of rotatable bonds is 10. The second kappa shape index (κ2) is 9.85. The lowest BCUT2D eigenvalue weighted by Gasteiger charge is -2.11. The molecule has 1 aromatic heterocycles. The van der Waals surface area contributed by atoms with E-state index in [9.17, 15) is 17.6 Å². The van der Waals surface area contributed by atoms with Gasteiger partial charge in [0.05, 0.1) is 23.4 Å². The number of sulfonamides is 1. The molecule has 0 atom stereocenters. The predicted octanol–water partition coefficient (Wildman–Crippen LogP) is 3.45. The van der Waals surface area contributed by atoms with Crippen LogP contribution in [0.4, 0.5) is 10.1 Å². The summed E-state index contributed by atoms with van der Waals surface area (Å²) in [5.41, 5.74) is 0.204. The molecule has 2 N–H and O–H groups in total. The third-order valence-corrected chi connectivity index (χ3v) is 5.23. The first-order valence-electron chi connectivity index (χ1n) is 9.04. The smallest absolute Gasteiger partial charge is 0.303 e. The van der Waals surface area contributed by atoms with Crippen LogP contribution in [0.2, 0.25) is 0 Å². The summed E-state index contributed by atoms with van der Waals surface area (Å²) in [5.74, 6) is -1.45. The number of aliphatic carboxylic acids is 1. The first-order valence-corrected chi connectivity index (χ1v) is 10.5. The van der Waals surface area contributed by atoms with Gasteiger partial charge in [-0.05, 0) is 36.8 Å². The summed E-state index contributed by atoms with van der Waals surface area (Å²) in [6.07, 6.45) is 4.44. The minimum atomic E-state index is -4.09. The van der Waals surface area contributed by atoms with Crippen LogP contribution < -0.4 is 14.2 Å². The molecule has 31 heavy (non-hydrogen) atoms. The predicted molar refractivity (Wildman–Crippen MR) is 108 cm³/mol. The molecule has 9 nitrogen and oxygen atoms in total. The van der Waals surface area contributed by atoms with E-state index in [-0.39, 0.29) is 41.7 Å². The SMILES string of the molecule is O=C(O)CCCOc1ccc(S(=O)(=O)Nc2cccc(Oc3cnccn3)c2)cc1F. The lowest BCUT2D eigenvalue weighted by Crippen LogP contribution is -2.13. The average Bonchev–Trinajstić information content (AvgIpc) is 2.72. The monoisotopic (exact) mass is 447 g/mol. The summed E-state index contributed by atoms with van der Waals surface area (Å²) in [4.78, 5) is 18.0. The quantitative estimate of drug-likeness (QED) is 0.452. The van der Waals surface area contributed by atoms with Gasteiger partial charge in [0.2, 0.25) is 5.88 Å². The van der Waals surface area contributed by atoms with Crippen molar-refractivity contribution in [1.82, 2.24) is 9.97 Å². The normalized spacial score (nSPS) is 11.0. The maximum atomic E-state index is 14.2. The summed E-state index contributed by atoms with van der Waals surface area (Å²) in [6, 6.07) is 9.35. The number of ether oxygens (including phenoxy) is 2. The zero-order valence-corrected chi connectivity index (χ0v) is 16.9. The van der Waals surface area contributed by atoms with Crippen molar-refractivity contribution < 1.29 is 32.2 Å². The van der Waals surface area contributed by atoms with Crippen molar-refractivity contribution in [3.05, 3.63) is 66.9 Å². The lowest BCUT2D eigenvalue weighted by molar-refractivity contribution is -0.137. The number of halogens is 1. The summed E-state index contributed by atoms with van der Waals surface area (Å²) < 4.78 is 52.5. The van der Waals surface area contributed by atoms with Gasteiger partial charge in [-0.15, -0.1) is 0 Å². The lowest BCUT2D eigenvalue weighted by atomic mass is 10.3. The Bertz CT molecular complexity index is 1160. The van der Waals surface area contributed by atoms with Gasteiger partial charge in [0, 0.05) is 24.9 Å². The molecule has 0 radical (unpaired) electrons. The molecule has 0 amide bonds. The third-order valence-electron chi connectivity index (χ3n) is 3.85. The van der Waals surface area contributed by atoms with Crippen LogP contribution in [-0.4, -0.2) is 36.1 Å². The molecular formula is C20H18FN3O6S. The Kier molecular flexibility index (Phi) is 6.98. The van der Waals surface area contributed by atoms with Gasteiger partial charge in [0.15, 0.2) is 11.6 Å². The van der Waals surface area contributed by atoms with E-state index in [1.54, 1.807) is 12.1 Å². The van der Waals surface area contributed by atoms with Crippen LogP contribution in [0.15, 0.2) is 66.0 Å². The maximum absolute atomic E-state index is 14.2. The summed E-state index contributed by atoms with van der Waals surface area (Å²) in [5, 5.41) is 8.59. The zero-order chi connectivity index (χ0) is 22.3. The maximum Gasteiger partial charge on any atom is 0.303 e.